The van der Waals surface area contributed by atoms with Gasteiger partial charge in [-0.2, -0.15) is 0 Å². The van der Waals surface area contributed by atoms with Gasteiger partial charge in [0.05, 0.1) is 11.0 Å². The van der Waals surface area contributed by atoms with E-state index in [1.807, 2.05) is 18.2 Å². The minimum absolute atomic E-state index is 0.746. The van der Waals surface area contributed by atoms with Crippen LogP contribution in [0.15, 0.2) is 18.2 Å². The third-order valence-corrected chi connectivity index (χ3v) is 4.22. The summed E-state index contributed by atoms with van der Waals surface area (Å²) in [5.74, 6) is 1.60. The summed E-state index contributed by atoms with van der Waals surface area (Å²) in [6.07, 6.45) is 2.54. The molecule has 2 aromatic rings. The van der Waals surface area contributed by atoms with Gasteiger partial charge < -0.3 is 20.9 Å². The molecule has 0 radical (unpaired) electrons. The lowest BCUT2D eigenvalue weighted by Gasteiger charge is -2.30. The SMILES string of the molecule is CCN1CCC(CNc2nc3ccc(N)cc3[nH]2)CC1. The van der Waals surface area contributed by atoms with Crippen molar-refractivity contribution in [1.82, 2.24) is 14.9 Å². The van der Waals surface area contributed by atoms with E-state index in [9.17, 15) is 0 Å². The van der Waals surface area contributed by atoms with Crippen molar-refractivity contribution in [3.63, 3.8) is 0 Å². The molecule has 108 valence electrons. The van der Waals surface area contributed by atoms with Gasteiger partial charge in [-0.15, -0.1) is 0 Å². The number of nitrogens with two attached hydrogens (primary N) is 1. The first-order chi connectivity index (χ1) is 9.74. The molecule has 4 N–H and O–H groups in total. The number of hydrogen-bond donors (Lipinski definition) is 3. The second-order valence-corrected chi connectivity index (χ2v) is 5.62. The van der Waals surface area contributed by atoms with Gasteiger partial charge in [0.15, 0.2) is 0 Å². The van der Waals surface area contributed by atoms with Crippen LogP contribution in [0.5, 0.6) is 0 Å². The van der Waals surface area contributed by atoms with E-state index in [1.165, 1.54) is 32.5 Å². The Bertz CT molecular complexity index is 569. The van der Waals surface area contributed by atoms with Gasteiger partial charge in [0.1, 0.15) is 0 Å². The van der Waals surface area contributed by atoms with Crippen molar-refractivity contribution in [3.05, 3.63) is 18.2 Å². The standard InChI is InChI=1S/C15H23N5/c1-2-20-7-5-11(6-8-20)10-17-15-18-13-4-3-12(16)9-14(13)19-15/h3-4,9,11H,2,5-8,10,16H2,1H3,(H2,17,18,19). The minimum atomic E-state index is 0.746. The Kier molecular flexibility index (Phi) is 3.78. The van der Waals surface area contributed by atoms with Crippen molar-refractivity contribution in [2.75, 3.05) is 37.2 Å². The number of nitrogens with one attached hydrogen (secondary N) is 2. The molecule has 0 spiro atoms. The van der Waals surface area contributed by atoms with Crippen LogP contribution >= 0.6 is 0 Å². The fraction of sp³-hybridized carbons (Fsp3) is 0.533. The number of H-pyrrole nitrogens is 1. The summed E-state index contributed by atoms with van der Waals surface area (Å²) in [7, 11) is 0. The molecule has 1 fully saturated rings. The van der Waals surface area contributed by atoms with Gasteiger partial charge in [-0.05, 0) is 56.6 Å². The van der Waals surface area contributed by atoms with E-state index in [2.05, 4.69) is 27.1 Å². The van der Waals surface area contributed by atoms with Crippen molar-refractivity contribution < 1.29 is 0 Å². The second kappa shape index (κ2) is 5.71. The number of aromatic amines is 1. The van der Waals surface area contributed by atoms with Crippen LogP contribution in [0, 0.1) is 5.92 Å². The van der Waals surface area contributed by atoms with Crippen LogP contribution in [0.3, 0.4) is 0 Å². The van der Waals surface area contributed by atoms with Crippen LogP contribution < -0.4 is 11.1 Å². The van der Waals surface area contributed by atoms with Gasteiger partial charge in [-0.1, -0.05) is 6.92 Å². The molecule has 1 aromatic heterocycles. The quantitative estimate of drug-likeness (QED) is 0.748. The summed E-state index contributed by atoms with van der Waals surface area (Å²) in [6, 6.07) is 5.76. The van der Waals surface area contributed by atoms with Gasteiger partial charge in [0, 0.05) is 12.2 Å². The lowest BCUT2D eigenvalue weighted by molar-refractivity contribution is 0.198. The third-order valence-electron chi connectivity index (χ3n) is 4.22. The lowest BCUT2D eigenvalue weighted by Crippen LogP contribution is -2.35. The van der Waals surface area contributed by atoms with E-state index in [4.69, 9.17) is 5.73 Å². The van der Waals surface area contributed by atoms with E-state index < -0.39 is 0 Å². The van der Waals surface area contributed by atoms with E-state index in [1.54, 1.807) is 0 Å². The predicted molar refractivity (Wildman–Crippen MR) is 83.8 cm³/mol. The number of imidazole rings is 1. The molecule has 0 unspecified atom stereocenters. The fourth-order valence-corrected chi connectivity index (χ4v) is 2.86. The predicted octanol–water partition coefficient (Wildman–Crippen LogP) is 2.29. The number of anilines is 2. The summed E-state index contributed by atoms with van der Waals surface area (Å²) in [5.41, 5.74) is 8.50. The maximum atomic E-state index is 5.78. The number of nitrogens with zero attached hydrogens (tertiary/aromatic N) is 2. The molecule has 5 nitrogen and oxygen atoms in total. The van der Waals surface area contributed by atoms with Gasteiger partial charge in [-0.25, -0.2) is 4.98 Å². The molecule has 1 saturated heterocycles. The summed E-state index contributed by atoms with van der Waals surface area (Å²) < 4.78 is 0. The zero-order chi connectivity index (χ0) is 13.9. The normalized spacial score (nSPS) is 17.6. The highest BCUT2D eigenvalue weighted by Crippen LogP contribution is 2.20. The Balaban J connectivity index is 1.57. The molecule has 0 atom stereocenters. The molecule has 5 heteroatoms. The average molecular weight is 273 g/mol. The molecule has 0 saturated carbocycles. The maximum Gasteiger partial charge on any atom is 0.201 e. The molecule has 0 amide bonds. The Morgan fingerprint density at radius 3 is 2.95 bits per heavy atom. The first kappa shape index (κ1) is 13.2. The Morgan fingerprint density at radius 2 is 2.20 bits per heavy atom. The fourth-order valence-electron chi connectivity index (χ4n) is 2.86. The van der Waals surface area contributed by atoms with Gasteiger partial charge in [-0.3, -0.25) is 0 Å². The smallest absolute Gasteiger partial charge is 0.201 e. The monoisotopic (exact) mass is 273 g/mol. The van der Waals surface area contributed by atoms with Gasteiger partial charge in [0.2, 0.25) is 5.95 Å². The number of aromatic nitrogens is 2. The molecule has 0 bridgehead atoms. The molecule has 3 rings (SSSR count). The van der Waals surface area contributed by atoms with Crippen molar-refractivity contribution in [2.24, 2.45) is 5.92 Å². The minimum Gasteiger partial charge on any atom is -0.399 e. The molecule has 20 heavy (non-hydrogen) atoms. The molecular formula is C15H23N5. The van der Waals surface area contributed by atoms with Gasteiger partial charge in [0.25, 0.3) is 0 Å². The topological polar surface area (TPSA) is 70.0 Å². The van der Waals surface area contributed by atoms with Crippen molar-refractivity contribution >= 4 is 22.7 Å². The number of benzene rings is 1. The van der Waals surface area contributed by atoms with Crippen LogP contribution in [-0.2, 0) is 0 Å². The third kappa shape index (κ3) is 2.88. The maximum absolute atomic E-state index is 5.78. The zero-order valence-corrected chi connectivity index (χ0v) is 12.0. The number of fused-ring (bicyclic) bond motifs is 1. The van der Waals surface area contributed by atoms with E-state index in [0.717, 1.165) is 35.1 Å². The summed E-state index contributed by atoms with van der Waals surface area (Å²) in [6.45, 7) is 6.84. The summed E-state index contributed by atoms with van der Waals surface area (Å²) in [5, 5.41) is 3.43. The van der Waals surface area contributed by atoms with E-state index in [0.29, 0.717) is 0 Å². The molecular weight excluding hydrogens is 250 g/mol. The van der Waals surface area contributed by atoms with Crippen LogP contribution in [0.25, 0.3) is 11.0 Å². The first-order valence-electron chi connectivity index (χ1n) is 7.46. The van der Waals surface area contributed by atoms with Crippen LogP contribution in [0.2, 0.25) is 0 Å². The molecule has 1 aromatic carbocycles. The highest BCUT2D eigenvalue weighted by atomic mass is 15.1. The summed E-state index contributed by atoms with van der Waals surface area (Å²) >= 11 is 0. The van der Waals surface area contributed by atoms with Crippen LogP contribution in [0.4, 0.5) is 11.6 Å². The Hall–Kier alpha value is -1.75. The first-order valence-corrected chi connectivity index (χ1v) is 7.46. The lowest BCUT2D eigenvalue weighted by atomic mass is 9.97. The number of nitrogen functional groups attached to an aromatic ring is 1. The average Bonchev–Trinajstić information content (AvgIpc) is 2.87. The van der Waals surface area contributed by atoms with Crippen LogP contribution in [-0.4, -0.2) is 41.0 Å². The highest BCUT2D eigenvalue weighted by molar-refractivity contribution is 5.80. The zero-order valence-electron chi connectivity index (χ0n) is 12.0. The molecule has 1 aliphatic rings. The van der Waals surface area contributed by atoms with Crippen molar-refractivity contribution in [2.45, 2.75) is 19.8 Å². The number of piperidine rings is 1. The van der Waals surface area contributed by atoms with Crippen molar-refractivity contribution in [3.8, 4) is 0 Å². The van der Waals surface area contributed by atoms with Crippen molar-refractivity contribution in [1.29, 1.82) is 0 Å². The number of rotatable bonds is 4. The molecule has 1 aliphatic heterocycles. The number of likely N-dealkylation sites (tertiary alicyclic amines) is 1. The molecule has 2 heterocycles. The van der Waals surface area contributed by atoms with E-state index in [-0.39, 0.29) is 0 Å². The number of hydrogen-bond acceptors (Lipinski definition) is 4. The molecule has 0 aliphatic carbocycles. The van der Waals surface area contributed by atoms with Gasteiger partial charge >= 0.3 is 0 Å². The Morgan fingerprint density at radius 1 is 1.40 bits per heavy atom. The summed E-state index contributed by atoms with van der Waals surface area (Å²) in [4.78, 5) is 10.3. The van der Waals surface area contributed by atoms with E-state index >= 15 is 0 Å². The Labute approximate surface area is 119 Å². The highest BCUT2D eigenvalue weighted by Gasteiger charge is 2.18. The second-order valence-electron chi connectivity index (χ2n) is 5.62. The van der Waals surface area contributed by atoms with Crippen LogP contribution in [0.1, 0.15) is 19.8 Å². The largest absolute Gasteiger partial charge is 0.399 e.